The van der Waals surface area contributed by atoms with Crippen LogP contribution < -0.4 is 10.5 Å². The van der Waals surface area contributed by atoms with Crippen molar-refractivity contribution in [1.29, 1.82) is 0 Å². The van der Waals surface area contributed by atoms with Crippen molar-refractivity contribution in [2.45, 2.75) is 26.0 Å². The number of thiophene rings is 1. The SMILES string of the molecule is Cc1ccsc1C(Oc1ccc(Br)cc1Br)C(C)N. The van der Waals surface area contributed by atoms with Crippen LogP contribution in [-0.2, 0) is 0 Å². The van der Waals surface area contributed by atoms with Crippen LogP contribution in [0.25, 0.3) is 0 Å². The summed E-state index contributed by atoms with van der Waals surface area (Å²) in [4.78, 5) is 1.19. The summed E-state index contributed by atoms with van der Waals surface area (Å²) in [5.74, 6) is 0.804. The van der Waals surface area contributed by atoms with E-state index >= 15 is 0 Å². The number of rotatable bonds is 4. The van der Waals surface area contributed by atoms with Gasteiger partial charge in [-0.1, -0.05) is 15.9 Å². The van der Waals surface area contributed by atoms with Gasteiger partial charge in [0.15, 0.2) is 0 Å². The molecule has 2 nitrogen and oxygen atoms in total. The molecule has 0 bridgehead atoms. The Labute approximate surface area is 134 Å². The Morgan fingerprint density at radius 1 is 1.26 bits per heavy atom. The predicted octanol–water partition coefficient (Wildman–Crippen LogP) is 5.05. The molecule has 2 aromatic rings. The number of hydrogen-bond acceptors (Lipinski definition) is 3. The third-order valence-corrected chi connectivity index (χ3v) is 4.98. The molecule has 2 atom stereocenters. The van der Waals surface area contributed by atoms with Crippen LogP contribution in [-0.4, -0.2) is 6.04 Å². The predicted molar refractivity (Wildman–Crippen MR) is 87.9 cm³/mol. The average Bonchev–Trinajstić information content (AvgIpc) is 2.74. The number of benzene rings is 1. The molecule has 0 aliphatic heterocycles. The van der Waals surface area contributed by atoms with E-state index < -0.39 is 0 Å². The minimum Gasteiger partial charge on any atom is -0.482 e. The summed E-state index contributed by atoms with van der Waals surface area (Å²) in [6, 6.07) is 7.88. The molecule has 0 saturated carbocycles. The lowest BCUT2D eigenvalue weighted by Crippen LogP contribution is -2.29. The fraction of sp³-hybridized carbons (Fsp3) is 0.286. The molecule has 2 unspecified atom stereocenters. The summed E-state index contributed by atoms with van der Waals surface area (Å²) >= 11 is 8.63. The molecule has 1 heterocycles. The van der Waals surface area contributed by atoms with Crippen molar-refractivity contribution in [3.8, 4) is 5.75 Å². The number of nitrogens with two attached hydrogens (primary N) is 1. The van der Waals surface area contributed by atoms with Gasteiger partial charge in [-0.3, -0.25) is 0 Å². The maximum atomic E-state index is 6.10. The molecule has 0 aliphatic rings. The third-order valence-electron chi connectivity index (χ3n) is 2.79. The Kier molecular flexibility index (Phi) is 5.06. The van der Waals surface area contributed by atoms with Crippen molar-refractivity contribution in [1.82, 2.24) is 0 Å². The van der Waals surface area contributed by atoms with Gasteiger partial charge in [-0.2, -0.15) is 0 Å². The van der Waals surface area contributed by atoms with E-state index in [1.54, 1.807) is 11.3 Å². The highest BCUT2D eigenvalue weighted by molar-refractivity contribution is 9.11. The highest BCUT2D eigenvalue weighted by atomic mass is 79.9. The van der Waals surface area contributed by atoms with Crippen LogP contribution in [0.3, 0.4) is 0 Å². The fourth-order valence-corrected chi connectivity index (χ4v) is 3.99. The lowest BCUT2D eigenvalue weighted by molar-refractivity contribution is 0.182. The van der Waals surface area contributed by atoms with E-state index in [0.29, 0.717) is 0 Å². The van der Waals surface area contributed by atoms with E-state index in [-0.39, 0.29) is 12.1 Å². The first-order chi connectivity index (χ1) is 8.99. The van der Waals surface area contributed by atoms with Crippen molar-refractivity contribution in [2.24, 2.45) is 5.73 Å². The highest BCUT2D eigenvalue weighted by Crippen LogP contribution is 2.35. The first-order valence-corrected chi connectivity index (χ1v) is 8.37. The van der Waals surface area contributed by atoms with Crippen LogP contribution in [0.1, 0.15) is 23.5 Å². The first kappa shape index (κ1) is 15.0. The number of aryl methyl sites for hydroxylation is 1. The molecule has 0 radical (unpaired) electrons. The zero-order valence-corrected chi connectivity index (χ0v) is 14.7. The van der Waals surface area contributed by atoms with E-state index in [2.05, 4.69) is 50.2 Å². The Bertz CT molecular complexity index is 568. The summed E-state index contributed by atoms with van der Waals surface area (Å²) < 4.78 is 8.03. The first-order valence-electron chi connectivity index (χ1n) is 5.90. The summed E-state index contributed by atoms with van der Waals surface area (Å²) in [6.45, 7) is 4.05. The zero-order chi connectivity index (χ0) is 14.0. The fourth-order valence-electron chi connectivity index (χ4n) is 1.78. The average molecular weight is 405 g/mol. The molecule has 1 aromatic heterocycles. The summed E-state index contributed by atoms with van der Waals surface area (Å²) in [5, 5.41) is 2.07. The number of ether oxygens (including phenoxy) is 1. The molecular weight excluding hydrogens is 390 g/mol. The van der Waals surface area contributed by atoms with E-state index in [1.165, 1.54) is 10.4 Å². The van der Waals surface area contributed by atoms with E-state index in [4.69, 9.17) is 10.5 Å². The van der Waals surface area contributed by atoms with E-state index in [0.717, 1.165) is 14.7 Å². The molecule has 0 amide bonds. The van der Waals surface area contributed by atoms with E-state index in [9.17, 15) is 0 Å². The third kappa shape index (κ3) is 3.60. The van der Waals surface area contributed by atoms with Gasteiger partial charge in [-0.25, -0.2) is 0 Å². The Hall–Kier alpha value is -0.360. The van der Waals surface area contributed by atoms with Gasteiger partial charge in [-0.15, -0.1) is 11.3 Å². The maximum Gasteiger partial charge on any atom is 0.148 e. The van der Waals surface area contributed by atoms with E-state index in [1.807, 2.05) is 25.1 Å². The largest absolute Gasteiger partial charge is 0.482 e. The molecule has 19 heavy (non-hydrogen) atoms. The molecule has 0 aliphatic carbocycles. The summed E-state index contributed by atoms with van der Waals surface area (Å²) in [6.07, 6.45) is -0.127. The highest BCUT2D eigenvalue weighted by Gasteiger charge is 2.22. The van der Waals surface area contributed by atoms with Gasteiger partial charge in [0, 0.05) is 15.4 Å². The molecule has 2 rings (SSSR count). The van der Waals surface area contributed by atoms with Gasteiger partial charge in [0.05, 0.1) is 4.47 Å². The summed E-state index contributed by atoms with van der Waals surface area (Å²) in [7, 11) is 0. The molecule has 0 saturated heterocycles. The van der Waals surface area contributed by atoms with Crippen molar-refractivity contribution >= 4 is 43.2 Å². The number of hydrogen-bond donors (Lipinski definition) is 1. The van der Waals surface area contributed by atoms with Gasteiger partial charge >= 0.3 is 0 Å². The van der Waals surface area contributed by atoms with Gasteiger partial charge in [0.2, 0.25) is 0 Å². The second kappa shape index (κ2) is 6.39. The van der Waals surface area contributed by atoms with Gasteiger partial charge in [-0.05, 0) is 65.0 Å². The molecule has 0 fully saturated rings. The normalized spacial score (nSPS) is 14.2. The molecule has 2 N–H and O–H groups in total. The van der Waals surface area contributed by atoms with Gasteiger partial charge < -0.3 is 10.5 Å². The minimum absolute atomic E-state index is 0.0760. The lowest BCUT2D eigenvalue weighted by atomic mass is 10.1. The van der Waals surface area contributed by atoms with Crippen molar-refractivity contribution in [3.63, 3.8) is 0 Å². The number of halogens is 2. The Morgan fingerprint density at radius 3 is 2.53 bits per heavy atom. The van der Waals surface area contributed by atoms with Gasteiger partial charge in [0.25, 0.3) is 0 Å². The molecule has 102 valence electrons. The summed E-state index contributed by atoms with van der Waals surface area (Å²) in [5.41, 5.74) is 7.30. The second-order valence-electron chi connectivity index (χ2n) is 4.44. The van der Waals surface area contributed by atoms with Crippen molar-refractivity contribution in [3.05, 3.63) is 49.0 Å². The topological polar surface area (TPSA) is 35.2 Å². The lowest BCUT2D eigenvalue weighted by Gasteiger charge is -2.23. The smallest absolute Gasteiger partial charge is 0.148 e. The monoisotopic (exact) mass is 403 g/mol. The zero-order valence-electron chi connectivity index (χ0n) is 10.7. The van der Waals surface area contributed by atoms with Crippen LogP contribution >= 0.6 is 43.2 Å². The van der Waals surface area contributed by atoms with Crippen molar-refractivity contribution < 1.29 is 4.74 Å². The molecular formula is C14H15Br2NOS. The molecule has 0 spiro atoms. The van der Waals surface area contributed by atoms with Crippen molar-refractivity contribution in [2.75, 3.05) is 0 Å². The van der Waals surface area contributed by atoms with Crippen LogP contribution in [0.4, 0.5) is 0 Å². The van der Waals surface area contributed by atoms with Crippen LogP contribution in [0.2, 0.25) is 0 Å². The second-order valence-corrected chi connectivity index (χ2v) is 7.16. The molecule has 1 aromatic carbocycles. The standard InChI is InChI=1S/C14H15Br2NOS/c1-8-5-6-19-14(8)13(9(2)17)18-12-4-3-10(15)7-11(12)16/h3-7,9,13H,17H2,1-2H3. The van der Waals surface area contributed by atoms with Gasteiger partial charge in [0.1, 0.15) is 11.9 Å². The van der Waals surface area contributed by atoms with Crippen LogP contribution in [0, 0.1) is 6.92 Å². The van der Waals surface area contributed by atoms with Crippen LogP contribution in [0.5, 0.6) is 5.75 Å². The minimum atomic E-state index is -0.127. The Morgan fingerprint density at radius 2 is 2.00 bits per heavy atom. The van der Waals surface area contributed by atoms with Crippen LogP contribution in [0.15, 0.2) is 38.6 Å². The maximum absolute atomic E-state index is 6.10. The molecule has 5 heteroatoms. The Balaban J connectivity index is 2.29. The quantitative estimate of drug-likeness (QED) is 0.773.